The Balaban J connectivity index is 1.63. The number of fused-ring (bicyclic) bond motifs is 1. The van der Waals surface area contributed by atoms with Gasteiger partial charge in [0.25, 0.3) is 6.20 Å². The predicted octanol–water partition coefficient (Wildman–Crippen LogP) is 2.30. The van der Waals surface area contributed by atoms with Gasteiger partial charge in [0, 0.05) is 23.4 Å². The molecule has 0 fully saturated rings. The molecule has 0 aliphatic heterocycles. The Kier molecular flexibility index (Phi) is 4.54. The van der Waals surface area contributed by atoms with E-state index in [1.54, 1.807) is 12.1 Å². The van der Waals surface area contributed by atoms with E-state index >= 15 is 0 Å². The van der Waals surface area contributed by atoms with Crippen LogP contribution in [0.5, 0.6) is 0 Å². The summed E-state index contributed by atoms with van der Waals surface area (Å²) in [4.78, 5) is 8.76. The summed E-state index contributed by atoms with van der Waals surface area (Å²) in [5.41, 5.74) is 13.7. The molecule has 4 aromatic heterocycles. The molecule has 0 atom stereocenters. The second-order valence-electron chi connectivity index (χ2n) is 6.60. The third-order valence-corrected chi connectivity index (χ3v) is 5.75. The summed E-state index contributed by atoms with van der Waals surface area (Å²) in [6, 6.07) is 14.6. The van der Waals surface area contributed by atoms with E-state index in [0.717, 1.165) is 17.0 Å². The number of nitriles is 1. The van der Waals surface area contributed by atoms with Crippen molar-refractivity contribution in [1.29, 1.82) is 5.26 Å². The standard InChI is InChI=1S/C21H13N7O3S/c22-9-12-15(13-7-4-8-30-13)16-17(23)18(32-21(16)26-19(12)24)20(29)25-14-10-28(27-31-14)11-5-2-1-3-6-11/h1-8,10H,(H4-,23,24,25,26,27,29). The van der Waals surface area contributed by atoms with Crippen molar-refractivity contribution in [2.45, 2.75) is 0 Å². The van der Waals surface area contributed by atoms with Crippen LogP contribution in [-0.2, 0) is 0 Å². The molecule has 0 aliphatic rings. The molecule has 0 amide bonds. The second kappa shape index (κ2) is 7.53. The molecule has 0 spiro atoms. The van der Waals surface area contributed by atoms with Gasteiger partial charge in [0.1, 0.15) is 28.0 Å². The maximum Gasteiger partial charge on any atom is 0.321 e. The zero-order chi connectivity index (χ0) is 22.2. The number of pyridine rings is 1. The number of anilines is 2. The van der Waals surface area contributed by atoms with Gasteiger partial charge in [0.2, 0.25) is 11.0 Å². The van der Waals surface area contributed by atoms with E-state index in [1.807, 2.05) is 36.4 Å². The van der Waals surface area contributed by atoms with Crippen molar-refractivity contribution < 1.29 is 18.7 Å². The SMILES string of the molecule is N#Cc1c(N)nc2sc(/C([O-])=N/c3c[n+](-c4ccccc4)no3)c(N)c2c1-c1ccco1. The fourth-order valence-electron chi connectivity index (χ4n) is 3.25. The molecule has 0 saturated carbocycles. The summed E-state index contributed by atoms with van der Waals surface area (Å²) in [7, 11) is 0. The second-order valence-corrected chi connectivity index (χ2v) is 7.60. The number of rotatable bonds is 4. The van der Waals surface area contributed by atoms with Crippen molar-refractivity contribution in [1.82, 2.24) is 10.3 Å². The molecule has 0 bridgehead atoms. The largest absolute Gasteiger partial charge is 0.857 e. The lowest BCUT2D eigenvalue weighted by Crippen LogP contribution is -2.30. The minimum absolute atomic E-state index is 0.00662. The van der Waals surface area contributed by atoms with E-state index in [1.165, 1.54) is 17.1 Å². The molecule has 32 heavy (non-hydrogen) atoms. The number of furan rings is 1. The van der Waals surface area contributed by atoms with Gasteiger partial charge in [-0.2, -0.15) is 5.26 Å². The summed E-state index contributed by atoms with van der Waals surface area (Å²) in [5, 5.41) is 26.8. The van der Waals surface area contributed by atoms with Gasteiger partial charge < -0.3 is 21.0 Å². The van der Waals surface area contributed by atoms with Gasteiger partial charge in [-0.15, -0.1) is 11.3 Å². The van der Waals surface area contributed by atoms with E-state index in [0.29, 0.717) is 21.5 Å². The third-order valence-electron chi connectivity index (χ3n) is 4.67. The number of aromatic nitrogens is 3. The van der Waals surface area contributed by atoms with Crippen molar-refractivity contribution in [3.05, 3.63) is 65.4 Å². The molecule has 0 radical (unpaired) electrons. The molecule has 10 nitrogen and oxygen atoms in total. The first-order valence-corrected chi connectivity index (χ1v) is 10.0. The Morgan fingerprint density at radius 3 is 2.72 bits per heavy atom. The number of para-hydroxylation sites is 1. The third kappa shape index (κ3) is 3.11. The number of benzene rings is 1. The molecular formula is C21H13N7O3S. The summed E-state index contributed by atoms with van der Waals surface area (Å²) >= 11 is 1.02. The van der Waals surface area contributed by atoms with Gasteiger partial charge in [-0.1, -0.05) is 18.2 Å². The molecule has 0 unspecified atom stereocenters. The fraction of sp³-hybridized carbons (Fsp3) is 0. The Morgan fingerprint density at radius 1 is 1.19 bits per heavy atom. The fourth-order valence-corrected chi connectivity index (χ4v) is 4.25. The summed E-state index contributed by atoms with van der Waals surface area (Å²) in [5.74, 6) is -0.223. The Hall–Kier alpha value is -4.69. The van der Waals surface area contributed by atoms with Crippen LogP contribution in [0, 0.1) is 11.3 Å². The quantitative estimate of drug-likeness (QED) is 0.242. The molecule has 4 heterocycles. The number of thiophene rings is 1. The molecule has 1 aromatic carbocycles. The Morgan fingerprint density at radius 2 is 2.00 bits per heavy atom. The molecule has 5 aromatic rings. The van der Waals surface area contributed by atoms with Crippen LogP contribution >= 0.6 is 11.3 Å². The molecule has 0 aliphatic carbocycles. The first kappa shape index (κ1) is 19.3. The number of hydrogen-bond donors (Lipinski definition) is 2. The van der Waals surface area contributed by atoms with Crippen molar-refractivity contribution in [2.75, 3.05) is 11.5 Å². The Bertz CT molecular complexity index is 1510. The van der Waals surface area contributed by atoms with Gasteiger partial charge >= 0.3 is 5.88 Å². The van der Waals surface area contributed by atoms with Gasteiger partial charge in [-0.3, -0.25) is 4.52 Å². The zero-order valence-electron chi connectivity index (χ0n) is 16.2. The van der Waals surface area contributed by atoms with E-state index in [2.05, 4.69) is 15.2 Å². The van der Waals surface area contributed by atoms with Crippen LogP contribution in [0.1, 0.15) is 10.4 Å². The van der Waals surface area contributed by atoms with E-state index in [-0.39, 0.29) is 27.8 Å². The average Bonchev–Trinajstić information content (AvgIpc) is 3.54. The highest BCUT2D eigenvalue weighted by molar-refractivity contribution is 7.21. The molecular weight excluding hydrogens is 430 g/mol. The molecule has 0 saturated heterocycles. The average molecular weight is 443 g/mol. The number of nitrogen functional groups attached to an aromatic ring is 2. The highest BCUT2D eigenvalue weighted by Gasteiger charge is 2.23. The maximum absolute atomic E-state index is 12.9. The number of nitrogens with two attached hydrogens (primary N) is 2. The van der Waals surface area contributed by atoms with E-state index in [9.17, 15) is 10.4 Å². The van der Waals surface area contributed by atoms with Crippen LogP contribution in [0.15, 0.2) is 68.9 Å². The molecule has 5 rings (SSSR count). The minimum atomic E-state index is -0.635. The van der Waals surface area contributed by atoms with Crippen LogP contribution in [0.3, 0.4) is 0 Å². The number of aliphatic imine (C=N–C) groups is 1. The molecule has 156 valence electrons. The maximum atomic E-state index is 12.9. The van der Waals surface area contributed by atoms with Crippen LogP contribution in [0.25, 0.3) is 27.2 Å². The molecule has 11 heteroatoms. The minimum Gasteiger partial charge on any atom is -0.857 e. The topological polar surface area (TPSA) is 167 Å². The van der Waals surface area contributed by atoms with Crippen LogP contribution in [0.4, 0.5) is 17.4 Å². The van der Waals surface area contributed by atoms with E-state index in [4.69, 9.17) is 20.4 Å². The first-order valence-electron chi connectivity index (χ1n) is 9.22. The van der Waals surface area contributed by atoms with Crippen molar-refractivity contribution in [2.24, 2.45) is 4.99 Å². The summed E-state index contributed by atoms with van der Waals surface area (Å²) in [6.07, 6.45) is 2.95. The summed E-state index contributed by atoms with van der Waals surface area (Å²) in [6.45, 7) is 0. The lowest BCUT2D eigenvalue weighted by molar-refractivity contribution is -0.670. The predicted molar refractivity (Wildman–Crippen MR) is 115 cm³/mol. The van der Waals surface area contributed by atoms with E-state index < -0.39 is 5.90 Å². The van der Waals surface area contributed by atoms with Crippen LogP contribution < -0.4 is 21.3 Å². The molecule has 4 N–H and O–H groups in total. The van der Waals surface area contributed by atoms with Gasteiger partial charge in [0.15, 0.2) is 0 Å². The van der Waals surface area contributed by atoms with Gasteiger partial charge in [0.05, 0.1) is 22.4 Å². The van der Waals surface area contributed by atoms with Crippen molar-refractivity contribution >= 4 is 44.8 Å². The van der Waals surface area contributed by atoms with Gasteiger partial charge in [-0.05, 0) is 16.8 Å². The normalized spacial score (nSPS) is 11.7. The number of hydrogen-bond acceptors (Lipinski definition) is 10. The van der Waals surface area contributed by atoms with Crippen LogP contribution in [-0.4, -0.2) is 16.2 Å². The van der Waals surface area contributed by atoms with Crippen molar-refractivity contribution in [3.63, 3.8) is 0 Å². The lowest BCUT2D eigenvalue weighted by Gasteiger charge is -2.08. The smallest absolute Gasteiger partial charge is 0.321 e. The summed E-state index contributed by atoms with van der Waals surface area (Å²) < 4.78 is 12.1. The van der Waals surface area contributed by atoms with Crippen molar-refractivity contribution in [3.8, 4) is 23.1 Å². The highest BCUT2D eigenvalue weighted by Crippen LogP contribution is 2.42. The zero-order valence-corrected chi connectivity index (χ0v) is 17.0. The Labute approximate surface area is 184 Å². The highest BCUT2D eigenvalue weighted by atomic mass is 32.1. The first-order chi connectivity index (χ1) is 15.6. The van der Waals surface area contributed by atoms with Gasteiger partial charge in [-0.25, -0.2) is 9.98 Å². The lowest BCUT2D eigenvalue weighted by atomic mass is 10.0. The van der Waals surface area contributed by atoms with Crippen LogP contribution in [0.2, 0.25) is 0 Å². The monoisotopic (exact) mass is 443 g/mol. The number of nitrogens with zero attached hydrogens (tertiary/aromatic N) is 5.